The van der Waals surface area contributed by atoms with Gasteiger partial charge in [0.05, 0.1) is 5.97 Å². The topological polar surface area (TPSA) is 124 Å². The van der Waals surface area contributed by atoms with Crippen molar-refractivity contribution in [1.82, 2.24) is 0 Å². The van der Waals surface area contributed by atoms with Crippen LogP contribution in [0.2, 0.25) is 0 Å². The largest absolute Gasteiger partial charge is 1.00 e. The molecule has 0 saturated heterocycles. The zero-order chi connectivity index (χ0) is 9.78. The summed E-state index contributed by atoms with van der Waals surface area (Å²) in [4.78, 5) is 26.8. The fourth-order valence-electron chi connectivity index (χ4n) is 0.635. The first-order valence-corrected chi connectivity index (χ1v) is 5.13. The van der Waals surface area contributed by atoms with Gasteiger partial charge < -0.3 is 25.4 Å². The number of hydrogen-bond donors (Lipinski definition) is 3. The standard InChI is InChI=1S/C5H12NO5P.Li/c6-4(5(7)8)2-1-3-12(9,10)11;/h4H,1-3,6H2,(H,7,8)(H2,9,10,11);/q;+1/p-1. The maximum atomic E-state index is 10.3. The number of carbonyl (C=O) groups is 1. The van der Waals surface area contributed by atoms with Gasteiger partial charge in [0.25, 0.3) is 0 Å². The van der Waals surface area contributed by atoms with Crippen LogP contribution in [0, 0.1) is 0 Å². The van der Waals surface area contributed by atoms with Gasteiger partial charge in [0.1, 0.15) is 0 Å². The number of hydrogen-bond acceptors (Lipinski definition) is 4. The van der Waals surface area contributed by atoms with Gasteiger partial charge in [0.2, 0.25) is 0 Å². The Bertz CT molecular complexity index is 205. The van der Waals surface area contributed by atoms with E-state index in [0.717, 1.165) is 0 Å². The molecular weight excluding hydrogens is 192 g/mol. The smallest absolute Gasteiger partial charge is 0.548 e. The molecule has 0 aliphatic heterocycles. The molecule has 13 heavy (non-hydrogen) atoms. The van der Waals surface area contributed by atoms with Gasteiger partial charge in [-0.3, -0.25) is 4.57 Å². The molecule has 1 unspecified atom stereocenters. The molecule has 0 aromatic heterocycles. The van der Waals surface area contributed by atoms with Crippen LogP contribution in [-0.4, -0.2) is 28.0 Å². The first kappa shape index (κ1) is 15.6. The Labute approximate surface area is 87.8 Å². The van der Waals surface area contributed by atoms with Crippen LogP contribution in [0.1, 0.15) is 12.8 Å². The van der Waals surface area contributed by atoms with Crippen molar-refractivity contribution < 1.29 is 43.1 Å². The van der Waals surface area contributed by atoms with Gasteiger partial charge in [-0.1, -0.05) is 0 Å². The average Bonchev–Trinajstić information content (AvgIpc) is 1.84. The van der Waals surface area contributed by atoms with Gasteiger partial charge in [-0.05, 0) is 12.8 Å². The van der Waals surface area contributed by atoms with E-state index in [0.29, 0.717) is 0 Å². The van der Waals surface area contributed by atoms with Crippen LogP contribution in [0.25, 0.3) is 0 Å². The third-order valence-electron chi connectivity index (χ3n) is 1.27. The Hall–Kier alpha value is 0.177. The number of aliphatic carboxylic acids is 1. The predicted molar refractivity (Wildman–Crippen MR) is 39.1 cm³/mol. The van der Waals surface area contributed by atoms with Crippen molar-refractivity contribution in [3.63, 3.8) is 0 Å². The maximum absolute atomic E-state index is 10.3. The molecule has 0 rings (SSSR count). The fourth-order valence-corrected chi connectivity index (χ4v) is 1.23. The van der Waals surface area contributed by atoms with Crippen LogP contribution in [-0.2, 0) is 9.36 Å². The van der Waals surface area contributed by atoms with Crippen molar-refractivity contribution in [2.45, 2.75) is 18.9 Å². The average molecular weight is 203 g/mol. The normalized spacial score (nSPS) is 13.2. The van der Waals surface area contributed by atoms with E-state index in [4.69, 9.17) is 15.5 Å². The summed E-state index contributed by atoms with van der Waals surface area (Å²) in [5.41, 5.74) is 5.03. The Morgan fingerprint density at radius 1 is 1.54 bits per heavy atom. The molecule has 0 aromatic rings. The van der Waals surface area contributed by atoms with Crippen molar-refractivity contribution >= 4 is 13.6 Å². The number of carbonyl (C=O) groups excluding carboxylic acids is 1. The second-order valence-corrected chi connectivity index (χ2v) is 4.23. The predicted octanol–water partition coefficient (Wildman–Crippen LogP) is -4.97. The molecule has 1 atom stereocenters. The van der Waals surface area contributed by atoms with E-state index in [1.807, 2.05) is 0 Å². The minimum absolute atomic E-state index is 0. The Kier molecular flexibility index (Phi) is 7.95. The fraction of sp³-hybridized carbons (Fsp3) is 0.800. The van der Waals surface area contributed by atoms with E-state index in [9.17, 15) is 14.5 Å². The van der Waals surface area contributed by atoms with Gasteiger partial charge in [-0.2, -0.15) is 0 Å². The van der Waals surface area contributed by atoms with E-state index < -0.39 is 19.6 Å². The summed E-state index contributed by atoms with van der Waals surface area (Å²) in [6.45, 7) is 0. The Morgan fingerprint density at radius 2 is 2.00 bits per heavy atom. The number of carboxylic acid groups (broad SMARTS) is 1. The van der Waals surface area contributed by atoms with E-state index in [-0.39, 0.29) is 37.9 Å². The molecule has 0 heterocycles. The Morgan fingerprint density at radius 3 is 2.31 bits per heavy atom. The minimum Gasteiger partial charge on any atom is -0.548 e. The van der Waals surface area contributed by atoms with Gasteiger partial charge >= 0.3 is 26.5 Å². The van der Waals surface area contributed by atoms with Crippen molar-refractivity contribution in [1.29, 1.82) is 0 Å². The first-order chi connectivity index (χ1) is 5.33. The summed E-state index contributed by atoms with van der Waals surface area (Å²) >= 11 is 0. The summed E-state index contributed by atoms with van der Waals surface area (Å²) in [5.74, 6) is -1.40. The van der Waals surface area contributed by atoms with Crippen molar-refractivity contribution in [2.24, 2.45) is 5.73 Å². The molecule has 0 radical (unpaired) electrons. The third-order valence-corrected chi connectivity index (χ3v) is 2.17. The molecule has 0 aromatic carbocycles. The zero-order valence-electron chi connectivity index (χ0n) is 7.34. The summed E-state index contributed by atoms with van der Waals surface area (Å²) in [6.07, 6.45) is -0.235. The van der Waals surface area contributed by atoms with Crippen LogP contribution < -0.4 is 29.7 Å². The van der Waals surface area contributed by atoms with Crippen LogP contribution in [0.5, 0.6) is 0 Å². The Balaban J connectivity index is 0. The first-order valence-electron chi connectivity index (χ1n) is 3.34. The number of carboxylic acids is 1. The van der Waals surface area contributed by atoms with Gasteiger partial charge in [-0.25, -0.2) is 0 Å². The second kappa shape index (κ2) is 6.60. The molecule has 0 bridgehead atoms. The molecular formula is C5H11LiNO5P. The van der Waals surface area contributed by atoms with E-state index in [1.54, 1.807) is 0 Å². The van der Waals surface area contributed by atoms with Crippen molar-refractivity contribution in [2.75, 3.05) is 6.16 Å². The summed E-state index contributed by atoms with van der Waals surface area (Å²) < 4.78 is 10.3. The molecule has 72 valence electrons. The molecule has 0 spiro atoms. The molecule has 4 N–H and O–H groups in total. The monoisotopic (exact) mass is 203 g/mol. The molecule has 0 aliphatic carbocycles. The summed E-state index contributed by atoms with van der Waals surface area (Å²) in [5, 5.41) is 10.0. The number of nitrogens with two attached hydrogens (primary N) is 1. The van der Waals surface area contributed by atoms with E-state index >= 15 is 0 Å². The molecule has 8 heteroatoms. The van der Waals surface area contributed by atoms with Crippen molar-refractivity contribution in [3.05, 3.63) is 0 Å². The number of rotatable bonds is 5. The molecule has 0 amide bonds. The van der Waals surface area contributed by atoms with E-state index in [2.05, 4.69) is 0 Å². The van der Waals surface area contributed by atoms with Crippen LogP contribution in [0.3, 0.4) is 0 Å². The maximum Gasteiger partial charge on any atom is 1.00 e. The summed E-state index contributed by atoms with van der Waals surface area (Å²) in [6, 6.07) is -1.14. The summed E-state index contributed by atoms with van der Waals surface area (Å²) in [7, 11) is -4.02. The van der Waals surface area contributed by atoms with Crippen LogP contribution in [0.4, 0.5) is 0 Å². The molecule has 0 fully saturated rings. The van der Waals surface area contributed by atoms with E-state index in [1.165, 1.54) is 0 Å². The molecule has 0 saturated carbocycles. The van der Waals surface area contributed by atoms with Gasteiger partial charge in [0.15, 0.2) is 0 Å². The molecule has 0 aliphatic rings. The second-order valence-electron chi connectivity index (χ2n) is 2.46. The SMILES string of the molecule is NC(CCCP(=O)(O)O)C(=O)[O-].[Li+]. The zero-order valence-corrected chi connectivity index (χ0v) is 8.24. The third kappa shape index (κ3) is 10.1. The van der Waals surface area contributed by atoms with Gasteiger partial charge in [0, 0.05) is 12.2 Å². The minimum atomic E-state index is -4.02. The van der Waals surface area contributed by atoms with Crippen LogP contribution >= 0.6 is 7.60 Å². The quantitative estimate of drug-likeness (QED) is 0.303. The van der Waals surface area contributed by atoms with Crippen molar-refractivity contribution in [3.8, 4) is 0 Å². The van der Waals surface area contributed by atoms with Gasteiger partial charge in [-0.15, -0.1) is 0 Å². The van der Waals surface area contributed by atoms with Crippen LogP contribution in [0.15, 0.2) is 0 Å². The molecule has 6 nitrogen and oxygen atoms in total.